The maximum absolute atomic E-state index is 12.2. The van der Waals surface area contributed by atoms with Gasteiger partial charge >= 0.3 is 0 Å². The molecule has 0 bridgehead atoms. The number of imidazole rings is 1. The Morgan fingerprint density at radius 2 is 2.38 bits per heavy atom. The summed E-state index contributed by atoms with van der Waals surface area (Å²) in [6.07, 6.45) is 5.35. The molecular weight excluding hydrogens is 266 g/mol. The van der Waals surface area contributed by atoms with Gasteiger partial charge in [0.2, 0.25) is 5.91 Å². The predicted molar refractivity (Wildman–Crippen MR) is 80.9 cm³/mol. The molecule has 1 fully saturated rings. The topological polar surface area (TPSA) is 75.7 Å². The number of amides is 1. The van der Waals surface area contributed by atoms with E-state index in [2.05, 4.69) is 10.3 Å². The third-order valence-electron chi connectivity index (χ3n) is 4.06. The highest BCUT2D eigenvalue weighted by Gasteiger charge is 2.32. The summed E-state index contributed by atoms with van der Waals surface area (Å²) in [6, 6.07) is 5.92. The lowest BCUT2D eigenvalue weighted by molar-refractivity contribution is -0.125. The number of pyridine rings is 1. The number of rotatable bonds is 4. The number of nitrogens with one attached hydrogen (secondary N) is 1. The first kappa shape index (κ1) is 14.0. The van der Waals surface area contributed by atoms with Gasteiger partial charge in [-0.3, -0.25) is 9.69 Å². The van der Waals surface area contributed by atoms with Crippen LogP contribution in [0.3, 0.4) is 0 Å². The lowest BCUT2D eigenvalue weighted by Gasteiger charge is -2.18. The Balaban J connectivity index is 1.55. The molecule has 0 saturated carbocycles. The fourth-order valence-electron chi connectivity index (χ4n) is 2.95. The molecular formula is C15H21N5O. The van der Waals surface area contributed by atoms with Gasteiger partial charge in [-0.2, -0.15) is 0 Å². The molecule has 6 nitrogen and oxygen atoms in total. The summed E-state index contributed by atoms with van der Waals surface area (Å²) >= 11 is 0. The maximum atomic E-state index is 12.2. The van der Waals surface area contributed by atoms with Crippen LogP contribution >= 0.6 is 0 Å². The van der Waals surface area contributed by atoms with Crippen LogP contribution in [0.25, 0.3) is 5.65 Å². The molecule has 2 aromatic rings. The summed E-state index contributed by atoms with van der Waals surface area (Å²) in [7, 11) is 1.95. The molecule has 2 aromatic heterocycles. The molecule has 2 atom stereocenters. The Labute approximate surface area is 123 Å². The van der Waals surface area contributed by atoms with Gasteiger partial charge in [0.1, 0.15) is 5.65 Å². The van der Waals surface area contributed by atoms with Crippen molar-refractivity contribution in [2.24, 2.45) is 5.73 Å². The van der Waals surface area contributed by atoms with Crippen molar-refractivity contribution in [1.82, 2.24) is 19.6 Å². The van der Waals surface area contributed by atoms with E-state index in [1.165, 1.54) is 0 Å². The van der Waals surface area contributed by atoms with Crippen LogP contribution in [0.1, 0.15) is 12.1 Å². The molecule has 0 aliphatic carbocycles. The van der Waals surface area contributed by atoms with E-state index in [9.17, 15) is 4.79 Å². The van der Waals surface area contributed by atoms with Crippen molar-refractivity contribution in [1.29, 1.82) is 0 Å². The van der Waals surface area contributed by atoms with E-state index < -0.39 is 0 Å². The Morgan fingerprint density at radius 3 is 3.14 bits per heavy atom. The summed E-state index contributed by atoms with van der Waals surface area (Å²) in [5, 5.41) is 3.00. The summed E-state index contributed by atoms with van der Waals surface area (Å²) in [5.74, 6) is 0.0688. The van der Waals surface area contributed by atoms with Crippen LogP contribution in [-0.4, -0.2) is 52.4 Å². The van der Waals surface area contributed by atoms with Gasteiger partial charge < -0.3 is 15.5 Å². The molecule has 1 aliphatic rings. The smallest absolute Gasteiger partial charge is 0.237 e. The first-order valence-electron chi connectivity index (χ1n) is 7.29. The van der Waals surface area contributed by atoms with Crippen LogP contribution < -0.4 is 11.1 Å². The number of hydrogen-bond acceptors (Lipinski definition) is 4. The van der Waals surface area contributed by atoms with Crippen molar-refractivity contribution in [3.8, 4) is 0 Å². The molecule has 0 radical (unpaired) electrons. The van der Waals surface area contributed by atoms with Gasteiger partial charge in [-0.1, -0.05) is 6.07 Å². The highest BCUT2D eigenvalue weighted by Crippen LogP contribution is 2.14. The molecule has 0 unspecified atom stereocenters. The van der Waals surface area contributed by atoms with Crippen molar-refractivity contribution < 1.29 is 4.79 Å². The van der Waals surface area contributed by atoms with Gasteiger partial charge in [-0.15, -0.1) is 0 Å². The van der Waals surface area contributed by atoms with Crippen molar-refractivity contribution >= 4 is 11.6 Å². The zero-order chi connectivity index (χ0) is 14.8. The summed E-state index contributed by atoms with van der Waals surface area (Å²) in [6.45, 7) is 1.40. The van der Waals surface area contributed by atoms with Gasteiger partial charge in [0.15, 0.2) is 0 Å². The Morgan fingerprint density at radius 1 is 1.52 bits per heavy atom. The van der Waals surface area contributed by atoms with E-state index in [4.69, 9.17) is 5.73 Å². The molecule has 1 aliphatic heterocycles. The Hall–Kier alpha value is -1.92. The lowest BCUT2D eigenvalue weighted by atomic mass is 10.1. The minimum absolute atomic E-state index is 0.0688. The standard InChI is InChI=1S/C15H21N5O/c1-19-10-11(16)8-13(19)15(21)17-6-5-12-9-18-14-4-2-3-7-20(12)14/h2-4,7,9,11,13H,5-6,8,10,16H2,1H3,(H,17,21)/t11-,13-/m0/s1. The van der Waals surface area contributed by atoms with Crippen molar-refractivity contribution in [2.75, 3.05) is 20.1 Å². The number of nitrogens with two attached hydrogens (primary N) is 1. The van der Waals surface area contributed by atoms with E-state index >= 15 is 0 Å². The fourth-order valence-corrected chi connectivity index (χ4v) is 2.95. The number of hydrogen-bond donors (Lipinski definition) is 2. The Bertz CT molecular complexity index is 638. The molecule has 0 aromatic carbocycles. The normalized spacial score (nSPS) is 22.8. The highest BCUT2D eigenvalue weighted by atomic mass is 16.2. The molecule has 112 valence electrons. The average Bonchev–Trinajstić information content (AvgIpc) is 3.02. The molecule has 3 rings (SSSR count). The number of likely N-dealkylation sites (tertiary alicyclic amines) is 1. The van der Waals surface area contributed by atoms with E-state index in [1.54, 1.807) is 0 Å². The molecule has 21 heavy (non-hydrogen) atoms. The maximum Gasteiger partial charge on any atom is 0.237 e. The van der Waals surface area contributed by atoms with Crippen LogP contribution in [0.5, 0.6) is 0 Å². The third kappa shape index (κ3) is 2.91. The van der Waals surface area contributed by atoms with Crippen LogP contribution in [0, 0.1) is 0 Å². The van der Waals surface area contributed by atoms with Crippen molar-refractivity contribution in [2.45, 2.75) is 24.9 Å². The number of aromatic nitrogens is 2. The van der Waals surface area contributed by atoms with Gasteiger partial charge in [0.05, 0.1) is 6.04 Å². The second-order valence-electron chi connectivity index (χ2n) is 5.67. The van der Waals surface area contributed by atoms with E-state index in [-0.39, 0.29) is 18.0 Å². The monoisotopic (exact) mass is 287 g/mol. The van der Waals surface area contributed by atoms with Gasteiger partial charge in [-0.05, 0) is 25.6 Å². The molecule has 1 amide bonds. The third-order valence-corrected chi connectivity index (χ3v) is 4.06. The van der Waals surface area contributed by atoms with Crippen LogP contribution in [0.15, 0.2) is 30.6 Å². The molecule has 6 heteroatoms. The number of nitrogens with zero attached hydrogens (tertiary/aromatic N) is 3. The molecule has 3 N–H and O–H groups in total. The first-order valence-corrected chi connectivity index (χ1v) is 7.29. The quantitative estimate of drug-likeness (QED) is 0.831. The van der Waals surface area contributed by atoms with Crippen LogP contribution in [-0.2, 0) is 11.2 Å². The van der Waals surface area contributed by atoms with E-state index in [0.717, 1.165) is 30.7 Å². The number of carbonyl (C=O) groups excluding carboxylic acids is 1. The first-order chi connectivity index (χ1) is 10.1. The molecule has 1 saturated heterocycles. The minimum atomic E-state index is -0.0952. The zero-order valence-electron chi connectivity index (χ0n) is 12.2. The molecule has 3 heterocycles. The van der Waals surface area contributed by atoms with Gasteiger partial charge in [0.25, 0.3) is 0 Å². The molecule has 0 spiro atoms. The van der Waals surface area contributed by atoms with Gasteiger partial charge in [-0.25, -0.2) is 4.98 Å². The minimum Gasteiger partial charge on any atom is -0.354 e. The predicted octanol–water partition coefficient (Wildman–Crippen LogP) is 0.0244. The number of fused-ring (bicyclic) bond motifs is 1. The summed E-state index contributed by atoms with van der Waals surface area (Å²) in [5.41, 5.74) is 7.92. The largest absolute Gasteiger partial charge is 0.354 e. The lowest BCUT2D eigenvalue weighted by Crippen LogP contribution is -2.42. The Kier molecular flexibility index (Phi) is 3.90. The SMILES string of the molecule is CN1C[C@@H](N)C[C@H]1C(=O)NCCc1cnc2ccccn12. The summed E-state index contributed by atoms with van der Waals surface area (Å²) < 4.78 is 2.05. The summed E-state index contributed by atoms with van der Waals surface area (Å²) in [4.78, 5) is 18.5. The zero-order valence-corrected chi connectivity index (χ0v) is 12.2. The number of likely N-dealkylation sites (N-methyl/N-ethyl adjacent to an activating group) is 1. The van der Waals surface area contributed by atoms with E-state index in [0.29, 0.717) is 6.54 Å². The van der Waals surface area contributed by atoms with Crippen LogP contribution in [0.2, 0.25) is 0 Å². The van der Waals surface area contributed by atoms with Gasteiger partial charge in [0, 0.05) is 43.6 Å². The second-order valence-corrected chi connectivity index (χ2v) is 5.67. The number of carbonyl (C=O) groups is 1. The highest BCUT2D eigenvalue weighted by molar-refractivity contribution is 5.82. The van der Waals surface area contributed by atoms with E-state index in [1.807, 2.05) is 46.9 Å². The van der Waals surface area contributed by atoms with Crippen molar-refractivity contribution in [3.05, 3.63) is 36.3 Å². The average molecular weight is 287 g/mol. The fraction of sp³-hybridized carbons (Fsp3) is 0.467. The van der Waals surface area contributed by atoms with Crippen LogP contribution in [0.4, 0.5) is 0 Å². The second kappa shape index (κ2) is 5.83. The van der Waals surface area contributed by atoms with Crippen molar-refractivity contribution in [3.63, 3.8) is 0 Å².